The highest BCUT2D eigenvalue weighted by atomic mass is 79.9. The Labute approximate surface area is 174 Å². The van der Waals surface area contributed by atoms with Crippen molar-refractivity contribution in [2.75, 3.05) is 5.32 Å². The Hall–Kier alpha value is -1.31. The van der Waals surface area contributed by atoms with E-state index >= 15 is 0 Å². The number of hydrogen-bond acceptors (Lipinski definition) is 1. The van der Waals surface area contributed by atoms with E-state index in [1.807, 2.05) is 6.07 Å². The first kappa shape index (κ1) is 20.4. The lowest BCUT2D eigenvalue weighted by Gasteiger charge is -2.33. The van der Waals surface area contributed by atoms with Crippen molar-refractivity contribution in [3.05, 3.63) is 63.1 Å². The van der Waals surface area contributed by atoms with E-state index < -0.39 is 17.3 Å². The minimum Gasteiger partial charge on any atom is -0.353 e. The summed E-state index contributed by atoms with van der Waals surface area (Å²) in [5, 5.41) is 7.23. The van der Waals surface area contributed by atoms with Gasteiger partial charge in [0.2, 0.25) is 0 Å². The molecule has 8 heteroatoms. The molecule has 0 unspecified atom stereocenters. The summed E-state index contributed by atoms with van der Waals surface area (Å²) in [5.74, 6) is 0. The second kappa shape index (κ2) is 7.97. The Balaban J connectivity index is 1.83. The highest BCUT2D eigenvalue weighted by Gasteiger charge is 2.38. The predicted octanol–water partition coefficient (Wildman–Crippen LogP) is 6.88. The van der Waals surface area contributed by atoms with Gasteiger partial charge in [0.05, 0.1) is 16.1 Å². The van der Waals surface area contributed by atoms with Gasteiger partial charge in [-0.25, -0.2) is 0 Å². The summed E-state index contributed by atoms with van der Waals surface area (Å²) in [6, 6.07) is 10.8. The molecule has 0 spiro atoms. The molecule has 0 bridgehead atoms. The SMILES string of the molecule is FC(F)(F)c1cccc(C2(NC(=S)Nc3ccc(Br)c(Cl)c3)CCCC2)c1. The third kappa shape index (κ3) is 4.76. The molecule has 0 amide bonds. The fourth-order valence-corrected chi connectivity index (χ4v) is 4.15. The van der Waals surface area contributed by atoms with Crippen molar-refractivity contribution in [1.29, 1.82) is 0 Å². The fourth-order valence-electron chi connectivity index (χ4n) is 3.41. The maximum atomic E-state index is 13.1. The van der Waals surface area contributed by atoms with Gasteiger partial charge in [0.15, 0.2) is 5.11 Å². The number of alkyl halides is 3. The van der Waals surface area contributed by atoms with Crippen molar-refractivity contribution in [1.82, 2.24) is 5.32 Å². The summed E-state index contributed by atoms with van der Waals surface area (Å²) in [6.07, 6.45) is -1.08. The molecule has 3 rings (SSSR count). The zero-order valence-corrected chi connectivity index (χ0v) is 17.3. The molecule has 0 heterocycles. The molecule has 2 nitrogen and oxygen atoms in total. The summed E-state index contributed by atoms with van der Waals surface area (Å²) in [7, 11) is 0. The number of thiocarbonyl (C=S) groups is 1. The molecule has 1 aliphatic carbocycles. The molecule has 0 radical (unpaired) electrons. The maximum absolute atomic E-state index is 13.1. The van der Waals surface area contributed by atoms with Gasteiger partial charge in [-0.1, -0.05) is 36.6 Å². The van der Waals surface area contributed by atoms with Crippen LogP contribution in [0.15, 0.2) is 46.9 Å². The summed E-state index contributed by atoms with van der Waals surface area (Å²) >= 11 is 14.8. The van der Waals surface area contributed by atoms with Crippen LogP contribution < -0.4 is 10.6 Å². The number of hydrogen-bond donors (Lipinski definition) is 2. The van der Waals surface area contributed by atoms with Gasteiger partial charge in [-0.2, -0.15) is 13.2 Å². The van der Waals surface area contributed by atoms with Crippen molar-refractivity contribution in [2.45, 2.75) is 37.4 Å². The van der Waals surface area contributed by atoms with Crippen molar-refractivity contribution in [2.24, 2.45) is 0 Å². The van der Waals surface area contributed by atoms with E-state index in [0.717, 1.165) is 36.2 Å². The van der Waals surface area contributed by atoms with Gasteiger partial charge in [0.1, 0.15) is 0 Å². The van der Waals surface area contributed by atoms with E-state index in [0.29, 0.717) is 21.4 Å². The van der Waals surface area contributed by atoms with E-state index in [2.05, 4.69) is 26.6 Å². The fraction of sp³-hybridized carbons (Fsp3) is 0.316. The second-order valence-corrected chi connectivity index (χ2v) is 8.25. The summed E-state index contributed by atoms with van der Waals surface area (Å²) < 4.78 is 40.1. The third-order valence-electron chi connectivity index (χ3n) is 4.73. The molecular weight excluding hydrogens is 461 g/mol. The van der Waals surface area contributed by atoms with Gasteiger partial charge in [-0.15, -0.1) is 0 Å². The molecule has 1 aliphatic rings. The monoisotopic (exact) mass is 476 g/mol. The average molecular weight is 478 g/mol. The molecule has 144 valence electrons. The molecule has 0 saturated heterocycles. The zero-order chi connectivity index (χ0) is 19.7. The molecule has 0 aromatic heterocycles. The highest BCUT2D eigenvalue weighted by molar-refractivity contribution is 9.10. The van der Waals surface area contributed by atoms with Crippen molar-refractivity contribution in [3.63, 3.8) is 0 Å². The molecule has 0 atom stereocenters. The van der Waals surface area contributed by atoms with Crippen LogP contribution in [0.3, 0.4) is 0 Å². The van der Waals surface area contributed by atoms with Crippen LogP contribution in [-0.4, -0.2) is 5.11 Å². The molecule has 0 aliphatic heterocycles. The molecule has 2 aromatic carbocycles. The van der Waals surface area contributed by atoms with Crippen LogP contribution in [0.2, 0.25) is 5.02 Å². The number of anilines is 1. The lowest BCUT2D eigenvalue weighted by atomic mass is 9.87. The summed E-state index contributed by atoms with van der Waals surface area (Å²) in [6.45, 7) is 0. The molecule has 2 aromatic rings. The zero-order valence-electron chi connectivity index (χ0n) is 14.2. The Kier molecular flexibility index (Phi) is 6.03. The van der Waals surface area contributed by atoms with E-state index in [1.165, 1.54) is 12.1 Å². The standard InChI is InChI=1S/C19H17BrClF3N2S/c20-15-7-6-14(11-16(15)21)25-17(27)26-18(8-1-2-9-18)12-4-3-5-13(10-12)19(22,23)24/h3-7,10-11H,1-2,8-9H2,(H2,25,26,27). The minimum absolute atomic E-state index is 0.354. The first-order chi connectivity index (χ1) is 12.7. The lowest BCUT2D eigenvalue weighted by Crippen LogP contribution is -2.45. The Morgan fingerprint density at radius 1 is 1.11 bits per heavy atom. The summed E-state index contributed by atoms with van der Waals surface area (Å²) in [5.41, 5.74) is 0.0576. The quantitative estimate of drug-likeness (QED) is 0.471. The van der Waals surface area contributed by atoms with Gasteiger partial charge in [0.25, 0.3) is 0 Å². The number of halogens is 5. The van der Waals surface area contributed by atoms with Crippen LogP contribution in [0.4, 0.5) is 18.9 Å². The first-order valence-corrected chi connectivity index (χ1v) is 9.99. The summed E-state index contributed by atoms with van der Waals surface area (Å²) in [4.78, 5) is 0. The van der Waals surface area contributed by atoms with Gasteiger partial charge >= 0.3 is 6.18 Å². The predicted molar refractivity (Wildman–Crippen MR) is 110 cm³/mol. The Morgan fingerprint density at radius 3 is 2.44 bits per heavy atom. The largest absolute Gasteiger partial charge is 0.416 e. The van der Waals surface area contributed by atoms with Crippen molar-refractivity contribution in [3.8, 4) is 0 Å². The smallest absolute Gasteiger partial charge is 0.353 e. The molecule has 27 heavy (non-hydrogen) atoms. The highest BCUT2D eigenvalue weighted by Crippen LogP contribution is 2.41. The third-order valence-corrected chi connectivity index (χ3v) is 6.17. The molecule has 1 fully saturated rings. The Morgan fingerprint density at radius 2 is 1.81 bits per heavy atom. The number of nitrogens with one attached hydrogen (secondary N) is 2. The van der Waals surface area contributed by atoms with Gasteiger partial charge in [-0.3, -0.25) is 0 Å². The number of rotatable bonds is 3. The van der Waals surface area contributed by atoms with E-state index in [-0.39, 0.29) is 0 Å². The van der Waals surface area contributed by atoms with Crippen molar-refractivity contribution >= 4 is 50.5 Å². The first-order valence-electron chi connectivity index (χ1n) is 8.42. The van der Waals surface area contributed by atoms with Crippen LogP contribution in [0, 0.1) is 0 Å². The van der Waals surface area contributed by atoms with E-state index in [4.69, 9.17) is 23.8 Å². The van der Waals surface area contributed by atoms with E-state index in [1.54, 1.807) is 18.2 Å². The average Bonchev–Trinajstić information content (AvgIpc) is 3.07. The van der Waals surface area contributed by atoms with Crippen LogP contribution in [-0.2, 0) is 11.7 Å². The lowest BCUT2D eigenvalue weighted by molar-refractivity contribution is -0.137. The molecular formula is C19H17BrClF3N2S. The van der Waals surface area contributed by atoms with Gasteiger partial charge < -0.3 is 10.6 Å². The van der Waals surface area contributed by atoms with Crippen molar-refractivity contribution < 1.29 is 13.2 Å². The minimum atomic E-state index is -4.37. The van der Waals surface area contributed by atoms with Crippen LogP contribution >= 0.6 is 39.7 Å². The Bertz CT molecular complexity index is 851. The topological polar surface area (TPSA) is 24.1 Å². The van der Waals surface area contributed by atoms with Crippen LogP contribution in [0.5, 0.6) is 0 Å². The molecule has 1 saturated carbocycles. The molecule has 2 N–H and O–H groups in total. The van der Waals surface area contributed by atoms with Gasteiger partial charge in [-0.05, 0) is 76.9 Å². The normalized spacial score (nSPS) is 16.2. The van der Waals surface area contributed by atoms with Crippen LogP contribution in [0.1, 0.15) is 36.8 Å². The van der Waals surface area contributed by atoms with Crippen LogP contribution in [0.25, 0.3) is 0 Å². The number of benzene rings is 2. The van der Waals surface area contributed by atoms with Gasteiger partial charge in [0, 0.05) is 10.2 Å². The van der Waals surface area contributed by atoms with E-state index in [9.17, 15) is 13.2 Å². The second-order valence-electron chi connectivity index (χ2n) is 6.58. The maximum Gasteiger partial charge on any atom is 0.416 e.